The largest absolute Gasteiger partial charge is 0.347 e. The SMILES string of the molecule is CCn1cc2c3c(cccc31)CN(C(=O)C1CC1)CC2. The number of rotatable bonds is 2. The Morgan fingerprint density at radius 2 is 2.15 bits per heavy atom. The summed E-state index contributed by atoms with van der Waals surface area (Å²) in [6, 6.07) is 6.51. The lowest BCUT2D eigenvalue weighted by molar-refractivity contribution is -0.133. The number of aromatic nitrogens is 1. The van der Waals surface area contributed by atoms with Crippen LogP contribution in [0.3, 0.4) is 0 Å². The molecule has 0 spiro atoms. The zero-order chi connectivity index (χ0) is 13.7. The van der Waals surface area contributed by atoms with Crippen LogP contribution < -0.4 is 0 Å². The number of hydrogen-bond acceptors (Lipinski definition) is 1. The van der Waals surface area contributed by atoms with Crippen molar-refractivity contribution < 1.29 is 4.79 Å². The molecule has 0 saturated heterocycles. The summed E-state index contributed by atoms with van der Waals surface area (Å²) >= 11 is 0. The number of carbonyl (C=O) groups excluding carboxylic acids is 1. The van der Waals surface area contributed by atoms with E-state index in [4.69, 9.17) is 0 Å². The predicted octanol–water partition coefficient (Wildman–Crippen LogP) is 2.96. The Balaban J connectivity index is 1.78. The second-order valence-corrected chi connectivity index (χ2v) is 6.04. The number of aryl methyl sites for hydroxylation is 1. The topological polar surface area (TPSA) is 25.2 Å². The molecule has 1 amide bonds. The number of benzene rings is 1. The Kier molecular flexibility index (Phi) is 2.62. The highest BCUT2D eigenvalue weighted by Gasteiger charge is 2.34. The van der Waals surface area contributed by atoms with E-state index in [9.17, 15) is 4.79 Å². The lowest BCUT2D eigenvalue weighted by Crippen LogP contribution is -2.32. The molecule has 1 aromatic carbocycles. The molecule has 3 heteroatoms. The Bertz CT molecular complexity index is 682. The minimum atomic E-state index is 0.322. The fourth-order valence-corrected chi connectivity index (χ4v) is 3.42. The fourth-order valence-electron chi connectivity index (χ4n) is 3.42. The summed E-state index contributed by atoms with van der Waals surface area (Å²) < 4.78 is 2.33. The minimum absolute atomic E-state index is 0.322. The maximum Gasteiger partial charge on any atom is 0.225 e. The summed E-state index contributed by atoms with van der Waals surface area (Å²) in [5.41, 5.74) is 4.04. The molecule has 0 unspecified atom stereocenters. The molecule has 20 heavy (non-hydrogen) atoms. The molecule has 2 heterocycles. The van der Waals surface area contributed by atoms with E-state index in [1.165, 1.54) is 22.0 Å². The maximum absolute atomic E-state index is 12.3. The fraction of sp³-hybridized carbons (Fsp3) is 0.471. The number of hydrogen-bond donors (Lipinski definition) is 0. The van der Waals surface area contributed by atoms with Gasteiger partial charge < -0.3 is 9.47 Å². The third-order valence-electron chi connectivity index (χ3n) is 4.66. The minimum Gasteiger partial charge on any atom is -0.347 e. The highest BCUT2D eigenvalue weighted by atomic mass is 16.2. The molecule has 0 radical (unpaired) electrons. The van der Waals surface area contributed by atoms with E-state index in [2.05, 4.69) is 40.8 Å². The van der Waals surface area contributed by atoms with Crippen LogP contribution in [-0.2, 0) is 24.3 Å². The third kappa shape index (κ3) is 1.76. The quantitative estimate of drug-likeness (QED) is 0.822. The zero-order valence-corrected chi connectivity index (χ0v) is 11.9. The van der Waals surface area contributed by atoms with Crippen LogP contribution in [0.2, 0.25) is 0 Å². The van der Waals surface area contributed by atoms with Crippen LogP contribution in [-0.4, -0.2) is 21.9 Å². The van der Waals surface area contributed by atoms with Crippen molar-refractivity contribution in [1.29, 1.82) is 0 Å². The van der Waals surface area contributed by atoms with Crippen LogP contribution in [0.5, 0.6) is 0 Å². The molecular formula is C17H20N2O. The van der Waals surface area contributed by atoms with Gasteiger partial charge in [-0.3, -0.25) is 4.79 Å². The van der Waals surface area contributed by atoms with Crippen molar-refractivity contribution >= 4 is 16.8 Å². The van der Waals surface area contributed by atoms with E-state index in [0.717, 1.165) is 38.9 Å². The molecule has 1 saturated carbocycles. The number of nitrogens with zero attached hydrogens (tertiary/aromatic N) is 2. The number of carbonyl (C=O) groups is 1. The molecule has 1 aliphatic heterocycles. The smallest absolute Gasteiger partial charge is 0.225 e. The van der Waals surface area contributed by atoms with Gasteiger partial charge in [-0.25, -0.2) is 0 Å². The molecule has 104 valence electrons. The lowest BCUT2D eigenvalue weighted by Gasteiger charge is -2.21. The first-order valence-corrected chi connectivity index (χ1v) is 7.66. The zero-order valence-electron chi connectivity index (χ0n) is 11.9. The standard InChI is InChI=1S/C17H20N2O/c1-2-18-10-14-8-9-19(17(20)12-6-7-12)11-13-4-3-5-15(18)16(13)14/h3-5,10,12H,2,6-9,11H2,1H3. The van der Waals surface area contributed by atoms with Gasteiger partial charge in [-0.15, -0.1) is 0 Å². The molecular weight excluding hydrogens is 248 g/mol. The highest BCUT2D eigenvalue weighted by molar-refractivity contribution is 5.89. The molecule has 3 nitrogen and oxygen atoms in total. The Morgan fingerprint density at radius 3 is 2.90 bits per heavy atom. The predicted molar refractivity (Wildman–Crippen MR) is 79.5 cm³/mol. The first-order chi connectivity index (χ1) is 9.78. The van der Waals surface area contributed by atoms with Crippen molar-refractivity contribution in [3.8, 4) is 0 Å². The van der Waals surface area contributed by atoms with Gasteiger partial charge in [0, 0.05) is 42.7 Å². The Hall–Kier alpha value is -1.77. The van der Waals surface area contributed by atoms with Crippen molar-refractivity contribution in [3.05, 3.63) is 35.5 Å². The van der Waals surface area contributed by atoms with Crippen molar-refractivity contribution in [2.45, 2.75) is 39.3 Å². The lowest BCUT2D eigenvalue weighted by atomic mass is 10.1. The van der Waals surface area contributed by atoms with Crippen molar-refractivity contribution in [2.24, 2.45) is 5.92 Å². The van der Waals surface area contributed by atoms with Crippen LogP contribution in [0.4, 0.5) is 0 Å². The molecule has 2 aliphatic rings. The molecule has 0 N–H and O–H groups in total. The Morgan fingerprint density at radius 1 is 1.30 bits per heavy atom. The summed E-state index contributed by atoms with van der Waals surface area (Å²) in [6.45, 7) is 4.84. The molecule has 1 aromatic heterocycles. The third-order valence-corrected chi connectivity index (χ3v) is 4.66. The van der Waals surface area contributed by atoms with E-state index in [0.29, 0.717) is 11.8 Å². The van der Waals surface area contributed by atoms with E-state index >= 15 is 0 Å². The highest BCUT2D eigenvalue weighted by Crippen LogP contribution is 2.34. The average molecular weight is 268 g/mol. The van der Waals surface area contributed by atoms with Gasteiger partial charge in [0.25, 0.3) is 0 Å². The van der Waals surface area contributed by atoms with E-state index in [-0.39, 0.29) is 0 Å². The van der Waals surface area contributed by atoms with Crippen LogP contribution in [0, 0.1) is 5.92 Å². The monoisotopic (exact) mass is 268 g/mol. The summed E-state index contributed by atoms with van der Waals surface area (Å²) in [4.78, 5) is 14.4. The van der Waals surface area contributed by atoms with Gasteiger partial charge in [0.1, 0.15) is 0 Å². The second-order valence-electron chi connectivity index (χ2n) is 6.04. The van der Waals surface area contributed by atoms with Crippen molar-refractivity contribution in [3.63, 3.8) is 0 Å². The van der Waals surface area contributed by atoms with Gasteiger partial charge in [-0.1, -0.05) is 12.1 Å². The van der Waals surface area contributed by atoms with Crippen LogP contribution in [0.1, 0.15) is 30.9 Å². The van der Waals surface area contributed by atoms with Gasteiger partial charge in [-0.05, 0) is 43.4 Å². The summed E-state index contributed by atoms with van der Waals surface area (Å²) in [6.07, 6.45) is 5.45. The van der Waals surface area contributed by atoms with Crippen LogP contribution >= 0.6 is 0 Å². The summed E-state index contributed by atoms with van der Waals surface area (Å²) in [5, 5.41) is 1.39. The first kappa shape index (κ1) is 12.0. The number of amides is 1. The second kappa shape index (κ2) is 4.37. The average Bonchev–Trinajstić information content (AvgIpc) is 3.26. The van der Waals surface area contributed by atoms with Gasteiger partial charge in [-0.2, -0.15) is 0 Å². The van der Waals surface area contributed by atoms with Gasteiger partial charge in [0.15, 0.2) is 0 Å². The van der Waals surface area contributed by atoms with E-state index in [1.54, 1.807) is 0 Å². The molecule has 4 rings (SSSR count). The first-order valence-electron chi connectivity index (χ1n) is 7.66. The molecule has 1 fully saturated rings. The normalized spacial score (nSPS) is 18.4. The molecule has 1 aliphatic carbocycles. The van der Waals surface area contributed by atoms with Gasteiger partial charge in [0.05, 0.1) is 0 Å². The van der Waals surface area contributed by atoms with Gasteiger partial charge >= 0.3 is 0 Å². The van der Waals surface area contributed by atoms with Crippen LogP contribution in [0.15, 0.2) is 24.4 Å². The van der Waals surface area contributed by atoms with Crippen LogP contribution in [0.25, 0.3) is 10.9 Å². The maximum atomic E-state index is 12.3. The molecule has 2 aromatic rings. The Labute approximate surface area is 119 Å². The van der Waals surface area contributed by atoms with E-state index < -0.39 is 0 Å². The summed E-state index contributed by atoms with van der Waals surface area (Å²) in [7, 11) is 0. The van der Waals surface area contributed by atoms with E-state index in [1.807, 2.05) is 0 Å². The van der Waals surface area contributed by atoms with Crippen molar-refractivity contribution in [1.82, 2.24) is 9.47 Å². The van der Waals surface area contributed by atoms with Gasteiger partial charge in [0.2, 0.25) is 5.91 Å². The molecule has 0 bridgehead atoms. The van der Waals surface area contributed by atoms with Crippen molar-refractivity contribution in [2.75, 3.05) is 6.54 Å². The molecule has 0 atom stereocenters. The summed E-state index contributed by atoms with van der Waals surface area (Å²) in [5.74, 6) is 0.692.